The van der Waals surface area contributed by atoms with Crippen molar-refractivity contribution in [2.24, 2.45) is 5.92 Å². The molecule has 0 aliphatic heterocycles. The monoisotopic (exact) mass is 216 g/mol. The Bertz CT molecular complexity index is 232. The van der Waals surface area contributed by atoms with Gasteiger partial charge >= 0.3 is 11.9 Å². The zero-order chi connectivity index (χ0) is 11.7. The largest absolute Gasteiger partial charge is 0.462 e. The third-order valence-electron chi connectivity index (χ3n) is 1.25. The van der Waals surface area contributed by atoms with E-state index in [1.807, 2.05) is 13.8 Å². The first-order valence-corrected chi connectivity index (χ1v) is 4.68. The van der Waals surface area contributed by atoms with Crippen LogP contribution in [-0.4, -0.2) is 36.9 Å². The lowest BCUT2D eigenvalue weighted by Crippen LogP contribution is -2.09. The first-order chi connectivity index (χ1) is 7.06. The normalized spacial score (nSPS) is 10.7. The van der Waals surface area contributed by atoms with E-state index >= 15 is 0 Å². The summed E-state index contributed by atoms with van der Waals surface area (Å²) in [6, 6.07) is 0. The molecule has 15 heavy (non-hydrogen) atoms. The van der Waals surface area contributed by atoms with Crippen molar-refractivity contribution in [3.63, 3.8) is 0 Å². The van der Waals surface area contributed by atoms with Gasteiger partial charge in [-0.3, -0.25) is 0 Å². The van der Waals surface area contributed by atoms with Crippen LogP contribution in [0.2, 0.25) is 0 Å². The molecule has 1 N–H and O–H groups in total. The van der Waals surface area contributed by atoms with Crippen molar-refractivity contribution >= 4 is 11.9 Å². The molecular formula is C10H16O5. The lowest BCUT2D eigenvalue weighted by atomic mass is 10.2. The predicted molar refractivity (Wildman–Crippen MR) is 53.0 cm³/mol. The lowest BCUT2D eigenvalue weighted by molar-refractivity contribution is -0.141. The molecule has 0 spiro atoms. The molecular weight excluding hydrogens is 200 g/mol. The molecule has 0 aliphatic carbocycles. The van der Waals surface area contributed by atoms with Crippen LogP contribution in [0, 0.1) is 5.92 Å². The Hall–Kier alpha value is -1.36. The van der Waals surface area contributed by atoms with Gasteiger partial charge in [0.25, 0.3) is 0 Å². The number of aliphatic hydroxyl groups excluding tert-OH is 1. The average molecular weight is 216 g/mol. The summed E-state index contributed by atoms with van der Waals surface area (Å²) >= 11 is 0. The average Bonchev–Trinajstić information content (AvgIpc) is 2.20. The maximum atomic E-state index is 11.0. The first kappa shape index (κ1) is 13.6. The van der Waals surface area contributed by atoms with E-state index in [1.54, 1.807) is 0 Å². The SMILES string of the molecule is CC(C)COC(=O)/C=C/C(=O)OCCO. The molecule has 0 saturated heterocycles. The van der Waals surface area contributed by atoms with E-state index in [9.17, 15) is 9.59 Å². The summed E-state index contributed by atoms with van der Waals surface area (Å²) in [5, 5.41) is 8.34. The summed E-state index contributed by atoms with van der Waals surface area (Å²) in [5.74, 6) is -1.00. The zero-order valence-corrected chi connectivity index (χ0v) is 8.93. The summed E-state index contributed by atoms with van der Waals surface area (Å²) in [4.78, 5) is 21.8. The number of esters is 2. The number of hydrogen-bond acceptors (Lipinski definition) is 5. The fourth-order valence-electron chi connectivity index (χ4n) is 0.627. The van der Waals surface area contributed by atoms with Crippen LogP contribution < -0.4 is 0 Å². The van der Waals surface area contributed by atoms with Crippen molar-refractivity contribution in [2.45, 2.75) is 13.8 Å². The number of carbonyl (C=O) groups is 2. The van der Waals surface area contributed by atoms with Crippen LogP contribution in [0.4, 0.5) is 0 Å². The summed E-state index contributed by atoms with van der Waals surface area (Å²) in [6.07, 6.45) is 1.97. The Balaban J connectivity index is 3.74. The second-order valence-corrected chi connectivity index (χ2v) is 3.25. The van der Waals surface area contributed by atoms with E-state index in [2.05, 4.69) is 4.74 Å². The molecule has 5 heteroatoms. The van der Waals surface area contributed by atoms with Gasteiger partial charge in [-0.2, -0.15) is 0 Å². The van der Waals surface area contributed by atoms with E-state index < -0.39 is 11.9 Å². The van der Waals surface area contributed by atoms with Crippen molar-refractivity contribution in [3.8, 4) is 0 Å². The highest BCUT2D eigenvalue weighted by molar-refractivity contribution is 5.91. The number of rotatable bonds is 6. The standard InChI is InChI=1S/C10H16O5/c1-8(2)7-15-10(13)4-3-9(12)14-6-5-11/h3-4,8,11H,5-7H2,1-2H3/b4-3+. The third-order valence-corrected chi connectivity index (χ3v) is 1.25. The van der Waals surface area contributed by atoms with Crippen molar-refractivity contribution < 1.29 is 24.2 Å². The molecule has 0 atom stereocenters. The Morgan fingerprint density at radius 1 is 1.20 bits per heavy atom. The van der Waals surface area contributed by atoms with Crippen LogP contribution >= 0.6 is 0 Å². The van der Waals surface area contributed by atoms with Crippen LogP contribution in [0.1, 0.15) is 13.8 Å². The third kappa shape index (κ3) is 8.96. The number of carbonyl (C=O) groups excluding carboxylic acids is 2. The number of aliphatic hydroxyl groups is 1. The lowest BCUT2D eigenvalue weighted by Gasteiger charge is -2.03. The van der Waals surface area contributed by atoms with Gasteiger partial charge in [-0.1, -0.05) is 13.8 Å². The summed E-state index contributed by atoms with van der Waals surface area (Å²) < 4.78 is 9.26. The minimum Gasteiger partial charge on any atom is -0.462 e. The summed E-state index contributed by atoms with van der Waals surface area (Å²) in [5.41, 5.74) is 0. The Labute approximate surface area is 88.7 Å². The minimum absolute atomic E-state index is 0.0792. The van der Waals surface area contributed by atoms with Gasteiger partial charge in [-0.05, 0) is 5.92 Å². The maximum absolute atomic E-state index is 11.0. The van der Waals surface area contributed by atoms with Crippen molar-refractivity contribution in [3.05, 3.63) is 12.2 Å². The number of hydrogen-bond donors (Lipinski definition) is 1. The molecule has 0 aromatic rings. The highest BCUT2D eigenvalue weighted by Gasteiger charge is 2.01. The van der Waals surface area contributed by atoms with E-state index in [4.69, 9.17) is 9.84 Å². The summed E-state index contributed by atoms with van der Waals surface area (Å²) in [7, 11) is 0. The molecule has 0 aliphatic rings. The van der Waals surface area contributed by atoms with E-state index in [1.165, 1.54) is 0 Å². The molecule has 0 fully saturated rings. The maximum Gasteiger partial charge on any atom is 0.331 e. The second kappa shape index (κ2) is 7.99. The van der Waals surface area contributed by atoms with Crippen LogP contribution in [0.25, 0.3) is 0 Å². The smallest absolute Gasteiger partial charge is 0.331 e. The molecule has 0 radical (unpaired) electrons. The molecule has 0 bridgehead atoms. The summed E-state index contributed by atoms with van der Waals surface area (Å²) in [6.45, 7) is 3.81. The molecule has 0 heterocycles. The van der Waals surface area contributed by atoms with Gasteiger partial charge in [0.05, 0.1) is 13.2 Å². The van der Waals surface area contributed by atoms with Crippen LogP contribution in [0.5, 0.6) is 0 Å². The highest BCUT2D eigenvalue weighted by atomic mass is 16.5. The first-order valence-electron chi connectivity index (χ1n) is 4.68. The minimum atomic E-state index is -0.675. The van der Waals surface area contributed by atoms with Crippen molar-refractivity contribution in [2.75, 3.05) is 19.8 Å². The van der Waals surface area contributed by atoms with Crippen LogP contribution in [-0.2, 0) is 19.1 Å². The second-order valence-electron chi connectivity index (χ2n) is 3.25. The van der Waals surface area contributed by atoms with Gasteiger partial charge in [-0.25, -0.2) is 9.59 Å². The quantitative estimate of drug-likeness (QED) is 0.510. The molecule has 0 aromatic heterocycles. The van der Waals surface area contributed by atoms with Crippen LogP contribution in [0.3, 0.4) is 0 Å². The van der Waals surface area contributed by atoms with Gasteiger partial charge in [0.1, 0.15) is 6.61 Å². The molecule has 0 rings (SSSR count). The topological polar surface area (TPSA) is 72.8 Å². The fraction of sp³-hybridized carbons (Fsp3) is 0.600. The van der Waals surface area contributed by atoms with Gasteiger partial charge in [0.2, 0.25) is 0 Å². The molecule has 5 nitrogen and oxygen atoms in total. The van der Waals surface area contributed by atoms with Crippen molar-refractivity contribution in [1.29, 1.82) is 0 Å². The fourth-order valence-corrected chi connectivity index (χ4v) is 0.627. The van der Waals surface area contributed by atoms with E-state index in [0.29, 0.717) is 6.61 Å². The van der Waals surface area contributed by atoms with Gasteiger partial charge < -0.3 is 14.6 Å². The van der Waals surface area contributed by atoms with Gasteiger partial charge in [0, 0.05) is 12.2 Å². The molecule has 0 aromatic carbocycles. The molecule has 0 amide bonds. The Morgan fingerprint density at radius 3 is 2.20 bits per heavy atom. The van der Waals surface area contributed by atoms with E-state index in [0.717, 1.165) is 12.2 Å². The Morgan fingerprint density at radius 2 is 1.73 bits per heavy atom. The molecule has 0 unspecified atom stereocenters. The number of ether oxygens (including phenoxy) is 2. The van der Waals surface area contributed by atoms with Gasteiger partial charge in [-0.15, -0.1) is 0 Å². The van der Waals surface area contributed by atoms with Gasteiger partial charge in [0.15, 0.2) is 0 Å². The van der Waals surface area contributed by atoms with Crippen molar-refractivity contribution in [1.82, 2.24) is 0 Å². The van der Waals surface area contributed by atoms with Crippen LogP contribution in [0.15, 0.2) is 12.2 Å². The predicted octanol–water partition coefficient (Wildman–Crippen LogP) is 0.277. The highest BCUT2D eigenvalue weighted by Crippen LogP contribution is 1.93. The van der Waals surface area contributed by atoms with E-state index in [-0.39, 0.29) is 19.1 Å². The Kier molecular flexibility index (Phi) is 7.27. The molecule has 86 valence electrons. The zero-order valence-electron chi connectivity index (χ0n) is 8.93. The molecule has 0 saturated carbocycles.